The molecule has 2 aromatic rings. The first-order chi connectivity index (χ1) is 8.74. The van der Waals surface area contributed by atoms with E-state index < -0.39 is 6.43 Å². The van der Waals surface area contributed by atoms with E-state index in [1.165, 1.54) is 12.3 Å². The molecular formula is C12H11F2N3O. The Hall–Kier alpha value is -1.98. The summed E-state index contributed by atoms with van der Waals surface area (Å²) in [5.74, 6) is 0.883. The molecule has 94 valence electrons. The molecule has 0 unspecified atom stereocenters. The number of rotatable bonds is 3. The molecule has 4 nitrogen and oxygen atoms in total. The van der Waals surface area contributed by atoms with E-state index in [-0.39, 0.29) is 5.69 Å². The highest BCUT2D eigenvalue weighted by atomic mass is 19.3. The van der Waals surface area contributed by atoms with Crippen LogP contribution in [0.2, 0.25) is 0 Å². The van der Waals surface area contributed by atoms with Crippen molar-refractivity contribution in [3.05, 3.63) is 41.9 Å². The van der Waals surface area contributed by atoms with Crippen LogP contribution in [0.15, 0.2) is 35.1 Å². The van der Waals surface area contributed by atoms with Gasteiger partial charge in [0.05, 0.1) is 5.69 Å². The van der Waals surface area contributed by atoms with Crippen molar-refractivity contribution >= 4 is 5.82 Å². The zero-order valence-corrected chi connectivity index (χ0v) is 9.46. The van der Waals surface area contributed by atoms with Gasteiger partial charge in [0.15, 0.2) is 0 Å². The zero-order chi connectivity index (χ0) is 12.5. The van der Waals surface area contributed by atoms with Gasteiger partial charge in [0.1, 0.15) is 17.8 Å². The highest BCUT2D eigenvalue weighted by Gasteiger charge is 2.31. The van der Waals surface area contributed by atoms with Gasteiger partial charge in [-0.3, -0.25) is 0 Å². The fourth-order valence-corrected chi connectivity index (χ4v) is 2.02. The molecule has 3 heterocycles. The van der Waals surface area contributed by atoms with Crippen molar-refractivity contribution < 1.29 is 13.3 Å². The number of hydrogen-bond acceptors (Lipinski definition) is 4. The fourth-order valence-electron chi connectivity index (χ4n) is 2.02. The van der Waals surface area contributed by atoms with Crippen molar-refractivity contribution in [1.82, 2.24) is 10.1 Å². The molecule has 0 bridgehead atoms. The minimum atomic E-state index is -2.53. The molecule has 18 heavy (non-hydrogen) atoms. The van der Waals surface area contributed by atoms with Gasteiger partial charge in [0.25, 0.3) is 6.43 Å². The number of nitrogens with zero attached hydrogens (tertiary/aromatic N) is 3. The molecule has 1 aliphatic heterocycles. The molecule has 0 spiro atoms. The summed E-state index contributed by atoms with van der Waals surface area (Å²) in [7, 11) is 0. The summed E-state index contributed by atoms with van der Waals surface area (Å²) < 4.78 is 29.8. The molecule has 1 saturated heterocycles. The topological polar surface area (TPSA) is 42.2 Å². The normalized spacial score (nSPS) is 16.1. The maximum atomic E-state index is 12.5. The summed E-state index contributed by atoms with van der Waals surface area (Å²) in [4.78, 5) is 5.89. The molecule has 0 aliphatic carbocycles. The lowest BCUT2D eigenvalue weighted by Gasteiger charge is -2.39. The van der Waals surface area contributed by atoms with Crippen molar-refractivity contribution in [3.63, 3.8) is 0 Å². The second-order valence-electron chi connectivity index (χ2n) is 4.25. The van der Waals surface area contributed by atoms with Crippen molar-refractivity contribution in [2.45, 2.75) is 12.3 Å². The SMILES string of the molecule is FC(F)c1cccc(N2CC(c3ccon3)C2)n1. The molecule has 0 saturated carbocycles. The number of halogens is 2. The number of pyridine rings is 1. The summed E-state index contributed by atoms with van der Waals surface area (Å²) in [5.41, 5.74) is 0.716. The third-order valence-electron chi connectivity index (χ3n) is 3.06. The third kappa shape index (κ3) is 1.94. The average molecular weight is 251 g/mol. The molecule has 0 atom stereocenters. The Bertz CT molecular complexity index is 524. The van der Waals surface area contributed by atoms with Crippen LogP contribution in [0.1, 0.15) is 23.7 Å². The van der Waals surface area contributed by atoms with E-state index in [9.17, 15) is 8.78 Å². The van der Waals surface area contributed by atoms with Gasteiger partial charge in [0.2, 0.25) is 0 Å². The Kier molecular flexibility index (Phi) is 2.70. The van der Waals surface area contributed by atoms with E-state index in [0.717, 1.165) is 18.8 Å². The molecule has 2 aromatic heterocycles. The molecule has 1 fully saturated rings. The second kappa shape index (κ2) is 4.36. The van der Waals surface area contributed by atoms with Crippen molar-refractivity contribution in [2.75, 3.05) is 18.0 Å². The number of hydrogen-bond donors (Lipinski definition) is 0. The molecule has 0 aromatic carbocycles. The van der Waals surface area contributed by atoms with Gasteiger partial charge in [-0.15, -0.1) is 0 Å². The van der Waals surface area contributed by atoms with Crippen LogP contribution in [-0.2, 0) is 0 Å². The van der Waals surface area contributed by atoms with Crippen molar-refractivity contribution in [1.29, 1.82) is 0 Å². The molecule has 1 aliphatic rings. The standard InChI is InChI=1S/C12H11F2N3O/c13-12(14)10-2-1-3-11(15-10)17-6-8(7-17)9-4-5-18-16-9/h1-5,8,12H,6-7H2. The van der Waals surface area contributed by atoms with Crippen LogP contribution in [0.5, 0.6) is 0 Å². The van der Waals surface area contributed by atoms with Crippen molar-refractivity contribution in [2.24, 2.45) is 0 Å². The largest absolute Gasteiger partial charge is 0.364 e. The minimum absolute atomic E-state index is 0.183. The number of alkyl halides is 2. The summed E-state index contributed by atoms with van der Waals surface area (Å²) in [6.45, 7) is 1.46. The maximum absolute atomic E-state index is 12.5. The van der Waals surface area contributed by atoms with E-state index in [1.54, 1.807) is 12.1 Å². The first-order valence-corrected chi connectivity index (χ1v) is 5.64. The predicted molar refractivity (Wildman–Crippen MR) is 60.7 cm³/mol. The van der Waals surface area contributed by atoms with Gasteiger partial charge in [-0.1, -0.05) is 11.2 Å². The Morgan fingerprint density at radius 2 is 2.11 bits per heavy atom. The van der Waals surface area contributed by atoms with Crippen LogP contribution >= 0.6 is 0 Å². The Balaban J connectivity index is 1.69. The lowest BCUT2D eigenvalue weighted by atomic mass is 9.96. The van der Waals surface area contributed by atoms with E-state index in [0.29, 0.717) is 11.7 Å². The average Bonchev–Trinajstić information content (AvgIpc) is 2.81. The van der Waals surface area contributed by atoms with Crippen LogP contribution in [0.4, 0.5) is 14.6 Å². The van der Waals surface area contributed by atoms with Crippen molar-refractivity contribution in [3.8, 4) is 0 Å². The number of aromatic nitrogens is 2. The lowest BCUT2D eigenvalue weighted by molar-refractivity contribution is 0.146. The Morgan fingerprint density at radius 3 is 2.78 bits per heavy atom. The summed E-state index contributed by atoms with van der Waals surface area (Å²) in [5, 5.41) is 3.87. The third-order valence-corrected chi connectivity index (χ3v) is 3.06. The first kappa shape index (κ1) is 11.1. The molecule has 0 amide bonds. The van der Waals surface area contributed by atoms with E-state index in [4.69, 9.17) is 4.52 Å². The van der Waals surface area contributed by atoms with Crippen LogP contribution in [0.25, 0.3) is 0 Å². The summed E-state index contributed by atoms with van der Waals surface area (Å²) in [6, 6.07) is 6.51. The van der Waals surface area contributed by atoms with Gasteiger partial charge in [-0.25, -0.2) is 13.8 Å². The monoisotopic (exact) mass is 251 g/mol. The first-order valence-electron chi connectivity index (χ1n) is 5.64. The quantitative estimate of drug-likeness (QED) is 0.841. The fraction of sp³-hybridized carbons (Fsp3) is 0.333. The number of anilines is 1. The summed E-state index contributed by atoms with van der Waals surface area (Å²) in [6.07, 6.45) is -0.995. The minimum Gasteiger partial charge on any atom is -0.364 e. The highest BCUT2D eigenvalue weighted by molar-refractivity contribution is 5.44. The summed E-state index contributed by atoms with van der Waals surface area (Å²) >= 11 is 0. The molecular weight excluding hydrogens is 240 g/mol. The van der Waals surface area contributed by atoms with Gasteiger partial charge >= 0.3 is 0 Å². The van der Waals surface area contributed by atoms with Crippen LogP contribution < -0.4 is 4.90 Å². The van der Waals surface area contributed by atoms with Crippen LogP contribution in [0.3, 0.4) is 0 Å². The highest BCUT2D eigenvalue weighted by Crippen LogP contribution is 2.30. The van der Waals surface area contributed by atoms with Crippen LogP contribution in [0, 0.1) is 0 Å². The maximum Gasteiger partial charge on any atom is 0.280 e. The molecule has 0 N–H and O–H groups in total. The van der Waals surface area contributed by atoms with E-state index in [2.05, 4.69) is 10.1 Å². The lowest BCUT2D eigenvalue weighted by Crippen LogP contribution is -2.45. The Morgan fingerprint density at radius 1 is 1.28 bits per heavy atom. The Labute approximate surface area is 102 Å². The molecule has 6 heteroatoms. The smallest absolute Gasteiger partial charge is 0.280 e. The van der Waals surface area contributed by atoms with E-state index >= 15 is 0 Å². The predicted octanol–water partition coefficient (Wildman–Crippen LogP) is 2.61. The van der Waals surface area contributed by atoms with Gasteiger partial charge in [0, 0.05) is 25.1 Å². The zero-order valence-electron chi connectivity index (χ0n) is 9.46. The van der Waals surface area contributed by atoms with Gasteiger partial charge < -0.3 is 9.42 Å². The molecule has 3 rings (SSSR count). The van der Waals surface area contributed by atoms with Gasteiger partial charge in [-0.2, -0.15) is 0 Å². The second-order valence-corrected chi connectivity index (χ2v) is 4.25. The van der Waals surface area contributed by atoms with Gasteiger partial charge in [-0.05, 0) is 12.1 Å². The molecule has 0 radical (unpaired) electrons. The van der Waals surface area contributed by atoms with Crippen LogP contribution in [-0.4, -0.2) is 23.2 Å². The van der Waals surface area contributed by atoms with E-state index in [1.807, 2.05) is 11.0 Å².